The molecule has 0 spiro atoms. The standard InChI is InChI=1S/C26H38N4O/c1-4-5-9-22-12-14-23(15-13-22)26(31)29-18-16-28(17-19-29)25-20(2)27-30(21(25)3)24-10-7-6-8-11-24/h6-8,10-11,22-23H,4-5,9,12-19H2,1-3H3. The fourth-order valence-electron chi connectivity index (χ4n) is 5.51. The van der Waals surface area contributed by atoms with Gasteiger partial charge in [0.05, 0.1) is 22.8 Å². The zero-order valence-corrected chi connectivity index (χ0v) is 19.5. The molecule has 1 aromatic heterocycles. The molecule has 168 valence electrons. The molecular formula is C26H38N4O. The van der Waals surface area contributed by atoms with E-state index in [9.17, 15) is 4.79 Å². The predicted molar refractivity (Wildman–Crippen MR) is 127 cm³/mol. The maximum Gasteiger partial charge on any atom is 0.225 e. The highest BCUT2D eigenvalue weighted by atomic mass is 16.2. The van der Waals surface area contributed by atoms with Crippen molar-refractivity contribution in [2.24, 2.45) is 11.8 Å². The van der Waals surface area contributed by atoms with Crippen molar-refractivity contribution in [2.75, 3.05) is 31.1 Å². The molecule has 4 rings (SSSR count). The Kier molecular flexibility index (Phi) is 6.99. The molecule has 1 aliphatic heterocycles. The van der Waals surface area contributed by atoms with Crippen LogP contribution in [0.3, 0.4) is 0 Å². The maximum absolute atomic E-state index is 13.1. The van der Waals surface area contributed by atoms with Gasteiger partial charge in [-0.05, 0) is 57.6 Å². The Morgan fingerprint density at radius 1 is 1.00 bits per heavy atom. The van der Waals surface area contributed by atoms with Crippen molar-refractivity contribution >= 4 is 11.6 Å². The molecule has 2 aromatic rings. The van der Waals surface area contributed by atoms with E-state index in [1.807, 2.05) is 22.9 Å². The van der Waals surface area contributed by atoms with E-state index in [4.69, 9.17) is 5.10 Å². The van der Waals surface area contributed by atoms with Gasteiger partial charge in [0, 0.05) is 32.1 Å². The highest BCUT2D eigenvalue weighted by Gasteiger charge is 2.32. The topological polar surface area (TPSA) is 41.4 Å². The van der Waals surface area contributed by atoms with Crippen LogP contribution in [0.1, 0.15) is 63.3 Å². The van der Waals surface area contributed by atoms with Gasteiger partial charge < -0.3 is 9.80 Å². The average Bonchev–Trinajstić information content (AvgIpc) is 3.12. The molecular weight excluding hydrogens is 384 g/mol. The summed E-state index contributed by atoms with van der Waals surface area (Å²) in [4.78, 5) is 17.7. The van der Waals surface area contributed by atoms with E-state index < -0.39 is 0 Å². The van der Waals surface area contributed by atoms with Crippen LogP contribution in [0.15, 0.2) is 30.3 Å². The van der Waals surface area contributed by atoms with E-state index in [1.165, 1.54) is 43.5 Å². The number of rotatable bonds is 6. The first-order valence-electron chi connectivity index (χ1n) is 12.2. The van der Waals surface area contributed by atoms with E-state index in [-0.39, 0.29) is 5.92 Å². The molecule has 0 atom stereocenters. The fraction of sp³-hybridized carbons (Fsp3) is 0.615. The summed E-state index contributed by atoms with van der Waals surface area (Å²) in [6, 6.07) is 10.3. The summed E-state index contributed by atoms with van der Waals surface area (Å²) in [5.41, 5.74) is 4.56. The molecule has 1 saturated heterocycles. The smallest absolute Gasteiger partial charge is 0.225 e. The van der Waals surface area contributed by atoms with Crippen LogP contribution in [0.2, 0.25) is 0 Å². The van der Waals surface area contributed by atoms with Crippen LogP contribution in [0.25, 0.3) is 5.69 Å². The lowest BCUT2D eigenvalue weighted by Crippen LogP contribution is -2.51. The Hall–Kier alpha value is -2.30. The largest absolute Gasteiger partial charge is 0.365 e. The van der Waals surface area contributed by atoms with Crippen LogP contribution in [0, 0.1) is 25.7 Å². The number of hydrogen-bond acceptors (Lipinski definition) is 3. The molecule has 2 fully saturated rings. The molecule has 1 aliphatic carbocycles. The first kappa shape index (κ1) is 21.9. The number of nitrogens with zero attached hydrogens (tertiary/aromatic N) is 4. The van der Waals surface area contributed by atoms with E-state index >= 15 is 0 Å². The van der Waals surface area contributed by atoms with Crippen molar-refractivity contribution in [1.29, 1.82) is 0 Å². The predicted octanol–water partition coefficient (Wildman–Crippen LogP) is 5.13. The summed E-state index contributed by atoms with van der Waals surface area (Å²) >= 11 is 0. The van der Waals surface area contributed by atoms with Gasteiger partial charge >= 0.3 is 0 Å². The van der Waals surface area contributed by atoms with Crippen molar-refractivity contribution in [1.82, 2.24) is 14.7 Å². The van der Waals surface area contributed by atoms with E-state index in [1.54, 1.807) is 0 Å². The lowest BCUT2D eigenvalue weighted by atomic mass is 9.79. The van der Waals surface area contributed by atoms with Crippen LogP contribution >= 0.6 is 0 Å². The summed E-state index contributed by atoms with van der Waals surface area (Å²) < 4.78 is 2.04. The first-order chi connectivity index (χ1) is 15.1. The van der Waals surface area contributed by atoms with E-state index in [0.29, 0.717) is 5.91 Å². The SMILES string of the molecule is CCCCC1CCC(C(=O)N2CCN(c3c(C)nn(-c4ccccc4)c3C)CC2)CC1. The molecule has 1 amide bonds. The van der Waals surface area contributed by atoms with Crippen LogP contribution in [0.5, 0.6) is 0 Å². The van der Waals surface area contributed by atoms with Crippen LogP contribution < -0.4 is 4.90 Å². The number of para-hydroxylation sites is 1. The molecule has 0 N–H and O–H groups in total. The molecule has 5 nitrogen and oxygen atoms in total. The van der Waals surface area contributed by atoms with Crippen molar-refractivity contribution in [2.45, 2.75) is 65.7 Å². The lowest BCUT2D eigenvalue weighted by Gasteiger charge is -2.39. The summed E-state index contributed by atoms with van der Waals surface area (Å²) in [5.74, 6) is 1.52. The first-order valence-corrected chi connectivity index (χ1v) is 12.2. The van der Waals surface area contributed by atoms with Gasteiger partial charge in [0.2, 0.25) is 5.91 Å². The minimum absolute atomic E-state index is 0.258. The van der Waals surface area contributed by atoms with E-state index in [0.717, 1.165) is 56.3 Å². The number of carbonyl (C=O) groups excluding carboxylic acids is 1. The number of piperazine rings is 1. The second kappa shape index (κ2) is 9.88. The third-order valence-electron chi connectivity index (χ3n) is 7.32. The average molecular weight is 423 g/mol. The van der Waals surface area contributed by atoms with Crippen LogP contribution in [-0.2, 0) is 4.79 Å². The van der Waals surface area contributed by atoms with Crippen molar-refractivity contribution < 1.29 is 4.79 Å². The summed E-state index contributed by atoms with van der Waals surface area (Å²) in [7, 11) is 0. The summed E-state index contributed by atoms with van der Waals surface area (Å²) in [5, 5.41) is 4.81. The van der Waals surface area contributed by atoms with Crippen LogP contribution in [-0.4, -0.2) is 46.8 Å². The Labute approximate surface area is 187 Å². The maximum atomic E-state index is 13.1. The minimum Gasteiger partial charge on any atom is -0.365 e. The Bertz CT molecular complexity index is 859. The summed E-state index contributed by atoms with van der Waals surface area (Å²) in [6.45, 7) is 9.94. The third kappa shape index (κ3) is 4.81. The van der Waals surface area contributed by atoms with Gasteiger partial charge in [0.1, 0.15) is 0 Å². The monoisotopic (exact) mass is 422 g/mol. The van der Waals surface area contributed by atoms with Crippen molar-refractivity contribution in [3.8, 4) is 5.69 Å². The normalized spacial score (nSPS) is 22.0. The van der Waals surface area contributed by atoms with Crippen molar-refractivity contribution in [3.63, 3.8) is 0 Å². The number of anilines is 1. The van der Waals surface area contributed by atoms with Gasteiger partial charge in [-0.2, -0.15) is 5.10 Å². The molecule has 2 aliphatic rings. The molecule has 0 unspecified atom stereocenters. The van der Waals surface area contributed by atoms with Gasteiger partial charge in [-0.1, -0.05) is 44.4 Å². The van der Waals surface area contributed by atoms with Gasteiger partial charge in [0.25, 0.3) is 0 Å². The summed E-state index contributed by atoms with van der Waals surface area (Å²) in [6.07, 6.45) is 8.65. The van der Waals surface area contributed by atoms with E-state index in [2.05, 4.69) is 42.7 Å². The molecule has 2 heterocycles. The number of hydrogen-bond donors (Lipinski definition) is 0. The van der Waals surface area contributed by atoms with Crippen molar-refractivity contribution in [3.05, 3.63) is 41.7 Å². The molecule has 31 heavy (non-hydrogen) atoms. The second-order valence-electron chi connectivity index (χ2n) is 9.44. The second-order valence-corrected chi connectivity index (χ2v) is 9.44. The molecule has 1 aromatic carbocycles. The molecule has 5 heteroatoms. The molecule has 0 bridgehead atoms. The number of aromatic nitrogens is 2. The number of benzene rings is 1. The van der Waals surface area contributed by atoms with Gasteiger partial charge in [-0.3, -0.25) is 4.79 Å². The number of carbonyl (C=O) groups is 1. The zero-order chi connectivity index (χ0) is 21.8. The Morgan fingerprint density at radius 2 is 1.68 bits per heavy atom. The minimum atomic E-state index is 0.258. The highest BCUT2D eigenvalue weighted by molar-refractivity contribution is 5.79. The Morgan fingerprint density at radius 3 is 2.32 bits per heavy atom. The number of unbranched alkanes of at least 4 members (excludes halogenated alkanes) is 1. The Balaban J connectivity index is 1.34. The fourth-order valence-corrected chi connectivity index (χ4v) is 5.51. The number of aryl methyl sites for hydroxylation is 1. The highest BCUT2D eigenvalue weighted by Crippen LogP contribution is 2.33. The molecule has 1 saturated carbocycles. The van der Waals surface area contributed by atoms with Gasteiger partial charge in [-0.15, -0.1) is 0 Å². The number of amides is 1. The quantitative estimate of drug-likeness (QED) is 0.648. The van der Waals surface area contributed by atoms with Gasteiger partial charge in [-0.25, -0.2) is 4.68 Å². The lowest BCUT2D eigenvalue weighted by molar-refractivity contribution is -0.137. The molecule has 0 radical (unpaired) electrons. The van der Waals surface area contributed by atoms with Crippen LogP contribution in [0.4, 0.5) is 5.69 Å². The third-order valence-corrected chi connectivity index (χ3v) is 7.32. The zero-order valence-electron chi connectivity index (χ0n) is 19.5. The van der Waals surface area contributed by atoms with Gasteiger partial charge in [0.15, 0.2) is 0 Å².